The monoisotopic (exact) mass is 408 g/mol. The van der Waals surface area contributed by atoms with Crippen molar-refractivity contribution in [1.29, 1.82) is 0 Å². The number of halogens is 1. The molecule has 0 saturated carbocycles. The van der Waals surface area contributed by atoms with Crippen LogP contribution in [0.2, 0.25) is 0 Å². The molecule has 158 valence electrons. The van der Waals surface area contributed by atoms with Crippen LogP contribution in [0.3, 0.4) is 0 Å². The molecule has 0 bridgehead atoms. The Morgan fingerprint density at radius 1 is 0.900 bits per heavy atom. The van der Waals surface area contributed by atoms with Gasteiger partial charge in [0.1, 0.15) is 6.10 Å². The van der Waals surface area contributed by atoms with E-state index in [-0.39, 0.29) is 17.8 Å². The van der Waals surface area contributed by atoms with Gasteiger partial charge >= 0.3 is 0 Å². The summed E-state index contributed by atoms with van der Waals surface area (Å²) in [4.78, 5) is 16.9. The van der Waals surface area contributed by atoms with Gasteiger partial charge in [0.25, 0.3) is 0 Å². The van der Waals surface area contributed by atoms with Crippen molar-refractivity contribution in [3.05, 3.63) is 72.1 Å². The molecule has 4 nitrogen and oxygen atoms in total. The average molecular weight is 409 g/mol. The molecule has 0 aromatic heterocycles. The second-order valence-electron chi connectivity index (χ2n) is 8.08. The summed E-state index contributed by atoms with van der Waals surface area (Å²) in [6.07, 6.45) is 7.47. The maximum absolute atomic E-state index is 13.8. The number of carbonyl (C=O) groups excluding carboxylic acids is 1. The Morgan fingerprint density at radius 2 is 1.57 bits per heavy atom. The van der Waals surface area contributed by atoms with E-state index in [1.807, 2.05) is 41.3 Å². The van der Waals surface area contributed by atoms with Crippen molar-refractivity contribution in [2.24, 2.45) is 0 Å². The van der Waals surface area contributed by atoms with E-state index in [9.17, 15) is 9.18 Å². The normalized spacial score (nSPS) is 19.3. The van der Waals surface area contributed by atoms with Gasteiger partial charge in [-0.3, -0.25) is 9.69 Å². The number of hydrogen-bond donors (Lipinski definition) is 0. The van der Waals surface area contributed by atoms with Crippen LogP contribution in [-0.4, -0.2) is 54.0 Å². The summed E-state index contributed by atoms with van der Waals surface area (Å²) in [6, 6.07) is 17.0. The highest BCUT2D eigenvalue weighted by Crippen LogP contribution is 2.25. The van der Waals surface area contributed by atoms with Crippen molar-refractivity contribution in [3.63, 3.8) is 0 Å². The predicted molar refractivity (Wildman–Crippen MR) is 117 cm³/mol. The van der Waals surface area contributed by atoms with Gasteiger partial charge < -0.3 is 9.64 Å². The minimum absolute atomic E-state index is 0.0722. The molecule has 0 N–H and O–H groups in total. The SMILES string of the molecule is O=C(C=Cc1ccccc1)N1CCC(N2CCC(Oc3ccccc3F)CC2)CC1. The Morgan fingerprint density at radius 3 is 2.27 bits per heavy atom. The van der Waals surface area contributed by atoms with Gasteiger partial charge in [-0.2, -0.15) is 0 Å². The third-order valence-electron chi connectivity index (χ3n) is 6.12. The molecule has 2 aliphatic rings. The zero-order chi connectivity index (χ0) is 20.8. The molecule has 2 saturated heterocycles. The zero-order valence-corrected chi connectivity index (χ0v) is 17.3. The summed E-state index contributed by atoms with van der Waals surface area (Å²) < 4.78 is 19.7. The summed E-state index contributed by atoms with van der Waals surface area (Å²) in [5.41, 5.74) is 1.04. The first-order valence-electron chi connectivity index (χ1n) is 10.9. The average Bonchev–Trinajstić information content (AvgIpc) is 2.80. The van der Waals surface area contributed by atoms with Gasteiger partial charge in [-0.05, 0) is 49.5 Å². The maximum Gasteiger partial charge on any atom is 0.246 e. The van der Waals surface area contributed by atoms with Gasteiger partial charge in [-0.1, -0.05) is 42.5 Å². The van der Waals surface area contributed by atoms with Crippen molar-refractivity contribution in [2.75, 3.05) is 26.2 Å². The first kappa shape index (κ1) is 20.6. The largest absolute Gasteiger partial charge is 0.487 e. The number of likely N-dealkylation sites (tertiary alicyclic amines) is 2. The summed E-state index contributed by atoms with van der Waals surface area (Å²) in [7, 11) is 0. The highest BCUT2D eigenvalue weighted by atomic mass is 19.1. The minimum atomic E-state index is -0.293. The molecular formula is C25H29FN2O2. The number of carbonyl (C=O) groups is 1. The van der Waals surface area contributed by atoms with Gasteiger partial charge in [0.2, 0.25) is 5.91 Å². The highest BCUT2D eigenvalue weighted by Gasteiger charge is 2.30. The molecule has 1 amide bonds. The molecule has 2 heterocycles. The van der Waals surface area contributed by atoms with Gasteiger partial charge in [-0.15, -0.1) is 0 Å². The van der Waals surface area contributed by atoms with Crippen molar-refractivity contribution >= 4 is 12.0 Å². The summed E-state index contributed by atoms with van der Waals surface area (Å²) in [5, 5.41) is 0. The van der Waals surface area contributed by atoms with Gasteiger partial charge in [-0.25, -0.2) is 4.39 Å². The van der Waals surface area contributed by atoms with E-state index < -0.39 is 0 Å². The Labute approximate surface area is 177 Å². The topological polar surface area (TPSA) is 32.8 Å². The molecule has 5 heteroatoms. The molecule has 0 radical (unpaired) electrons. The number of amides is 1. The minimum Gasteiger partial charge on any atom is -0.487 e. The van der Waals surface area contributed by atoms with E-state index in [1.54, 1.807) is 24.3 Å². The molecule has 0 spiro atoms. The lowest BCUT2D eigenvalue weighted by Gasteiger charge is -2.41. The third-order valence-corrected chi connectivity index (χ3v) is 6.12. The predicted octanol–water partition coefficient (Wildman–Crippen LogP) is 4.37. The number of para-hydroxylation sites is 1. The Hall–Kier alpha value is -2.66. The van der Waals surface area contributed by atoms with E-state index >= 15 is 0 Å². The Balaban J connectivity index is 1.21. The molecule has 2 aliphatic heterocycles. The van der Waals surface area contributed by atoms with Crippen LogP contribution >= 0.6 is 0 Å². The number of piperidine rings is 2. The molecule has 0 aliphatic carbocycles. The zero-order valence-electron chi connectivity index (χ0n) is 17.3. The smallest absolute Gasteiger partial charge is 0.246 e. The van der Waals surface area contributed by atoms with E-state index in [4.69, 9.17) is 4.74 Å². The fourth-order valence-corrected chi connectivity index (χ4v) is 4.37. The highest BCUT2D eigenvalue weighted by molar-refractivity contribution is 5.91. The summed E-state index contributed by atoms with van der Waals surface area (Å²) >= 11 is 0. The quantitative estimate of drug-likeness (QED) is 0.689. The van der Waals surface area contributed by atoms with E-state index in [1.165, 1.54) is 6.07 Å². The fourth-order valence-electron chi connectivity index (χ4n) is 4.37. The number of rotatable bonds is 5. The van der Waals surface area contributed by atoms with Gasteiger partial charge in [0, 0.05) is 38.3 Å². The lowest BCUT2D eigenvalue weighted by atomic mass is 9.98. The van der Waals surface area contributed by atoms with Crippen LogP contribution in [0.4, 0.5) is 4.39 Å². The number of ether oxygens (including phenoxy) is 1. The van der Waals surface area contributed by atoms with Crippen LogP contribution in [0.25, 0.3) is 6.08 Å². The van der Waals surface area contributed by atoms with E-state index in [2.05, 4.69) is 4.90 Å². The van der Waals surface area contributed by atoms with Crippen molar-refractivity contribution < 1.29 is 13.9 Å². The van der Waals surface area contributed by atoms with Crippen LogP contribution < -0.4 is 4.74 Å². The molecule has 2 fully saturated rings. The van der Waals surface area contributed by atoms with Gasteiger partial charge in [0.15, 0.2) is 11.6 Å². The molecule has 2 aromatic carbocycles. The lowest BCUT2D eigenvalue weighted by Crippen LogP contribution is -2.49. The number of benzene rings is 2. The number of hydrogen-bond acceptors (Lipinski definition) is 3. The summed E-state index contributed by atoms with van der Waals surface area (Å²) in [5.74, 6) is 0.152. The molecule has 2 aromatic rings. The van der Waals surface area contributed by atoms with Crippen LogP contribution in [0.15, 0.2) is 60.7 Å². The van der Waals surface area contributed by atoms with E-state index in [0.29, 0.717) is 11.8 Å². The second kappa shape index (κ2) is 9.90. The molecule has 30 heavy (non-hydrogen) atoms. The standard InChI is InChI=1S/C25H29FN2O2/c26-23-8-4-5-9-24(23)30-22-14-18-27(19-15-22)21-12-16-28(17-13-21)25(29)11-10-20-6-2-1-3-7-20/h1-11,21-22H,12-19H2. The van der Waals surface area contributed by atoms with Crippen LogP contribution in [0.1, 0.15) is 31.2 Å². The molecule has 4 rings (SSSR count). The third kappa shape index (κ3) is 5.28. The Kier molecular flexibility index (Phi) is 6.80. The second-order valence-corrected chi connectivity index (χ2v) is 8.08. The fraction of sp³-hybridized carbons (Fsp3) is 0.400. The van der Waals surface area contributed by atoms with Gasteiger partial charge in [0.05, 0.1) is 0 Å². The van der Waals surface area contributed by atoms with Crippen molar-refractivity contribution in [3.8, 4) is 5.75 Å². The molecule has 0 unspecified atom stereocenters. The van der Waals surface area contributed by atoms with E-state index in [0.717, 1.165) is 57.4 Å². The van der Waals surface area contributed by atoms with Crippen LogP contribution in [-0.2, 0) is 4.79 Å². The van der Waals surface area contributed by atoms with Crippen molar-refractivity contribution in [1.82, 2.24) is 9.80 Å². The first-order valence-corrected chi connectivity index (χ1v) is 10.9. The molecular weight excluding hydrogens is 379 g/mol. The van der Waals surface area contributed by atoms with Crippen LogP contribution in [0.5, 0.6) is 5.75 Å². The molecule has 0 atom stereocenters. The Bertz CT molecular complexity index is 854. The number of nitrogens with zero attached hydrogens (tertiary/aromatic N) is 2. The first-order chi connectivity index (χ1) is 14.7. The lowest BCUT2D eigenvalue weighted by molar-refractivity contribution is -0.127. The van der Waals surface area contributed by atoms with Crippen molar-refractivity contribution in [2.45, 2.75) is 37.8 Å². The summed E-state index contributed by atoms with van der Waals surface area (Å²) in [6.45, 7) is 3.53. The maximum atomic E-state index is 13.8. The van der Waals surface area contributed by atoms with Crippen LogP contribution in [0, 0.1) is 5.82 Å².